The maximum atomic E-state index is 12.0. The molecule has 148 valence electrons. The fourth-order valence-corrected chi connectivity index (χ4v) is 5.72. The van der Waals surface area contributed by atoms with Crippen LogP contribution in [-0.4, -0.2) is 23.1 Å². The van der Waals surface area contributed by atoms with Crippen LogP contribution in [0.25, 0.3) is 0 Å². The second kappa shape index (κ2) is 7.17. The van der Waals surface area contributed by atoms with Crippen LogP contribution in [-0.2, 0) is 20.7 Å². The van der Waals surface area contributed by atoms with E-state index < -0.39 is 11.4 Å². The Hall–Kier alpha value is -2.04. The lowest BCUT2D eigenvalue weighted by atomic mass is 9.46. The topological polar surface area (TPSA) is 76.7 Å². The van der Waals surface area contributed by atoms with Gasteiger partial charge in [0.25, 0.3) is 0 Å². The average molecular weight is 374 g/mol. The molecule has 1 heterocycles. The summed E-state index contributed by atoms with van der Waals surface area (Å²) in [5.41, 5.74) is 0.989. The molecule has 0 radical (unpaired) electrons. The van der Waals surface area contributed by atoms with Gasteiger partial charge in [-0.25, -0.2) is 4.79 Å². The van der Waals surface area contributed by atoms with Gasteiger partial charge in [-0.3, -0.25) is 4.79 Å². The molecular weight excluding hydrogens is 344 g/mol. The second-order valence-corrected chi connectivity index (χ2v) is 8.75. The van der Waals surface area contributed by atoms with Crippen molar-refractivity contribution in [2.45, 2.75) is 65.9 Å². The van der Waals surface area contributed by atoms with E-state index >= 15 is 0 Å². The van der Waals surface area contributed by atoms with Crippen LogP contribution in [0.1, 0.15) is 58.9 Å². The molecule has 1 aromatic heterocycles. The molecule has 2 aliphatic rings. The van der Waals surface area contributed by atoms with Gasteiger partial charge in [-0.1, -0.05) is 26.8 Å². The minimum absolute atomic E-state index is 0.140. The minimum Gasteiger partial charge on any atom is -0.478 e. The van der Waals surface area contributed by atoms with E-state index in [1.165, 1.54) is 6.92 Å². The first-order valence-corrected chi connectivity index (χ1v) is 9.80. The molecule has 0 aliphatic heterocycles. The number of hydrogen-bond donors (Lipinski definition) is 1. The maximum absolute atomic E-state index is 12.0. The molecule has 5 atom stereocenters. The standard InChI is InChI=1S/C22H30O5/c1-14-18(27-15(2)23)12-22(4)17(20(24)25)6-5-7-19(22)21(14,3)10-8-16-9-11-26-13-16/h6,9,11,13-14,18-19H,5,7-8,10,12H2,1-4H3,(H,24,25)/t14-,18-,19-,21+,22+/m1/s1. The largest absolute Gasteiger partial charge is 0.478 e. The van der Waals surface area contributed by atoms with Crippen LogP contribution in [0.15, 0.2) is 34.7 Å². The molecule has 5 heteroatoms. The van der Waals surface area contributed by atoms with Gasteiger partial charge in [0.1, 0.15) is 6.10 Å². The summed E-state index contributed by atoms with van der Waals surface area (Å²) in [6.45, 7) is 7.89. The van der Waals surface area contributed by atoms with Crippen LogP contribution in [0, 0.1) is 22.7 Å². The van der Waals surface area contributed by atoms with E-state index in [0.29, 0.717) is 12.0 Å². The highest BCUT2D eigenvalue weighted by atomic mass is 16.5. The molecule has 2 aliphatic carbocycles. The fourth-order valence-electron chi connectivity index (χ4n) is 5.72. The number of furan rings is 1. The molecule has 1 N–H and O–H groups in total. The van der Waals surface area contributed by atoms with E-state index in [1.807, 2.05) is 12.1 Å². The maximum Gasteiger partial charge on any atom is 0.331 e. The van der Waals surface area contributed by atoms with Crippen molar-refractivity contribution in [3.05, 3.63) is 35.8 Å². The Morgan fingerprint density at radius 1 is 1.37 bits per heavy atom. The zero-order valence-corrected chi connectivity index (χ0v) is 16.7. The summed E-state index contributed by atoms with van der Waals surface area (Å²) in [5.74, 6) is -0.771. The molecule has 27 heavy (non-hydrogen) atoms. The van der Waals surface area contributed by atoms with Crippen molar-refractivity contribution in [2.24, 2.45) is 22.7 Å². The minimum atomic E-state index is -0.851. The van der Waals surface area contributed by atoms with Gasteiger partial charge in [0.2, 0.25) is 0 Å². The highest BCUT2D eigenvalue weighted by molar-refractivity contribution is 5.88. The third kappa shape index (κ3) is 3.44. The molecule has 3 rings (SSSR count). The first kappa shape index (κ1) is 19.7. The van der Waals surface area contributed by atoms with E-state index in [9.17, 15) is 14.7 Å². The average Bonchev–Trinajstić information content (AvgIpc) is 3.10. The Balaban J connectivity index is 1.99. The third-order valence-corrected chi connectivity index (χ3v) is 7.29. The van der Waals surface area contributed by atoms with Gasteiger partial charge in [-0.05, 0) is 61.0 Å². The predicted octanol–water partition coefficient (Wildman–Crippen LogP) is 4.62. The zero-order valence-electron chi connectivity index (χ0n) is 16.7. The van der Waals surface area contributed by atoms with Crippen LogP contribution >= 0.6 is 0 Å². The third-order valence-electron chi connectivity index (χ3n) is 7.29. The normalized spacial score (nSPS) is 35.9. The lowest BCUT2D eigenvalue weighted by Gasteiger charge is -2.59. The summed E-state index contributed by atoms with van der Waals surface area (Å²) in [6, 6.07) is 1.98. The molecule has 5 nitrogen and oxygen atoms in total. The Morgan fingerprint density at radius 2 is 2.11 bits per heavy atom. The molecule has 1 saturated carbocycles. The van der Waals surface area contributed by atoms with Gasteiger partial charge < -0.3 is 14.3 Å². The van der Waals surface area contributed by atoms with Gasteiger partial charge in [0.05, 0.1) is 12.5 Å². The van der Waals surface area contributed by atoms with Gasteiger partial charge in [0.15, 0.2) is 0 Å². The van der Waals surface area contributed by atoms with Crippen molar-refractivity contribution >= 4 is 11.9 Å². The number of fused-ring (bicyclic) bond motifs is 1. The summed E-state index contributed by atoms with van der Waals surface area (Å²) in [7, 11) is 0. The number of carboxylic acids is 1. The number of allylic oxidation sites excluding steroid dienone is 1. The van der Waals surface area contributed by atoms with Crippen molar-refractivity contribution in [3.8, 4) is 0 Å². The summed E-state index contributed by atoms with van der Waals surface area (Å²) in [5, 5.41) is 9.84. The van der Waals surface area contributed by atoms with Crippen LogP contribution in [0.2, 0.25) is 0 Å². The number of aryl methyl sites for hydroxylation is 1. The SMILES string of the molecule is CC(=O)O[C@@H]1C[C@@]2(C)C(C(=O)O)=CCC[C@@H]2[C@@](C)(CCc2ccoc2)[C@@H]1C. The number of esters is 1. The lowest BCUT2D eigenvalue weighted by Crippen LogP contribution is -2.57. The summed E-state index contributed by atoms with van der Waals surface area (Å²) >= 11 is 0. The van der Waals surface area contributed by atoms with E-state index in [1.54, 1.807) is 12.5 Å². The number of carbonyl (C=O) groups excluding carboxylic acids is 1. The number of aliphatic carboxylic acids is 1. The molecule has 0 bridgehead atoms. The number of carbonyl (C=O) groups is 2. The van der Waals surface area contributed by atoms with Gasteiger partial charge in [-0.15, -0.1) is 0 Å². The van der Waals surface area contributed by atoms with Crippen molar-refractivity contribution in [2.75, 3.05) is 0 Å². The Bertz CT molecular complexity index is 734. The molecule has 0 spiro atoms. The first-order chi connectivity index (χ1) is 12.7. The summed E-state index contributed by atoms with van der Waals surface area (Å²) in [4.78, 5) is 23.7. The number of carboxylic acid groups (broad SMARTS) is 1. The van der Waals surface area contributed by atoms with Crippen LogP contribution in [0.3, 0.4) is 0 Å². The Labute approximate surface area is 160 Å². The predicted molar refractivity (Wildman–Crippen MR) is 101 cm³/mol. The molecule has 1 fully saturated rings. The number of rotatable bonds is 5. The number of ether oxygens (including phenoxy) is 1. The van der Waals surface area contributed by atoms with Crippen molar-refractivity contribution in [1.29, 1.82) is 0 Å². The van der Waals surface area contributed by atoms with Gasteiger partial charge in [-0.2, -0.15) is 0 Å². The molecule has 0 unspecified atom stereocenters. The molecule has 0 aromatic carbocycles. The van der Waals surface area contributed by atoms with E-state index in [-0.39, 0.29) is 29.3 Å². The number of hydrogen-bond acceptors (Lipinski definition) is 4. The van der Waals surface area contributed by atoms with E-state index in [0.717, 1.165) is 31.2 Å². The van der Waals surface area contributed by atoms with Crippen LogP contribution < -0.4 is 0 Å². The summed E-state index contributed by atoms with van der Waals surface area (Å²) < 4.78 is 10.9. The smallest absolute Gasteiger partial charge is 0.331 e. The van der Waals surface area contributed by atoms with Gasteiger partial charge >= 0.3 is 11.9 Å². The van der Waals surface area contributed by atoms with E-state index in [2.05, 4.69) is 20.8 Å². The zero-order chi connectivity index (χ0) is 19.8. The summed E-state index contributed by atoms with van der Waals surface area (Å²) in [6.07, 6.45) is 9.12. The van der Waals surface area contributed by atoms with Gasteiger partial charge in [0, 0.05) is 17.9 Å². The molecule has 1 aromatic rings. The Morgan fingerprint density at radius 3 is 2.70 bits per heavy atom. The highest BCUT2D eigenvalue weighted by Gasteiger charge is 2.59. The Kier molecular flexibility index (Phi) is 5.24. The molecular formula is C22H30O5. The lowest BCUT2D eigenvalue weighted by molar-refractivity contribution is -0.171. The molecule has 0 saturated heterocycles. The monoisotopic (exact) mass is 374 g/mol. The van der Waals surface area contributed by atoms with Crippen LogP contribution in [0.4, 0.5) is 0 Å². The highest BCUT2D eigenvalue weighted by Crippen LogP contribution is 2.62. The van der Waals surface area contributed by atoms with Crippen molar-refractivity contribution in [3.63, 3.8) is 0 Å². The second-order valence-electron chi connectivity index (χ2n) is 8.75. The van der Waals surface area contributed by atoms with E-state index in [4.69, 9.17) is 9.15 Å². The molecule has 0 amide bonds. The fraction of sp³-hybridized carbons (Fsp3) is 0.636. The first-order valence-electron chi connectivity index (χ1n) is 9.80. The van der Waals surface area contributed by atoms with Crippen molar-refractivity contribution in [1.82, 2.24) is 0 Å². The van der Waals surface area contributed by atoms with Crippen molar-refractivity contribution < 1.29 is 23.8 Å². The quantitative estimate of drug-likeness (QED) is 0.761. The van der Waals surface area contributed by atoms with Crippen LogP contribution in [0.5, 0.6) is 0 Å².